The fourth-order valence-electron chi connectivity index (χ4n) is 3.57. The zero-order valence-electron chi connectivity index (χ0n) is 18.1. The van der Waals surface area contributed by atoms with Crippen LogP contribution in [0.3, 0.4) is 0 Å². The van der Waals surface area contributed by atoms with Crippen molar-refractivity contribution in [2.45, 2.75) is 26.3 Å². The summed E-state index contributed by atoms with van der Waals surface area (Å²) in [6, 6.07) is 25.7. The van der Waals surface area contributed by atoms with Crippen LogP contribution in [0.4, 0.5) is 0 Å². The number of hydrogen-bond acceptors (Lipinski definition) is 3. The minimum Gasteiger partial charge on any atom is -0.497 e. The Bertz CT molecular complexity index is 1200. The van der Waals surface area contributed by atoms with Crippen LogP contribution in [-0.4, -0.2) is 18.0 Å². The van der Waals surface area contributed by atoms with Crippen LogP contribution in [0.25, 0.3) is 22.2 Å². The van der Waals surface area contributed by atoms with E-state index in [0.29, 0.717) is 18.0 Å². The van der Waals surface area contributed by atoms with E-state index < -0.39 is 0 Å². The zero-order chi connectivity index (χ0) is 21.8. The second-order valence-corrected chi connectivity index (χ2v) is 7.88. The molecule has 0 aliphatic heterocycles. The van der Waals surface area contributed by atoms with Gasteiger partial charge in [-0.1, -0.05) is 50.2 Å². The van der Waals surface area contributed by atoms with Gasteiger partial charge < -0.3 is 10.1 Å². The minimum atomic E-state index is -0.105. The van der Waals surface area contributed by atoms with Crippen molar-refractivity contribution in [1.29, 1.82) is 0 Å². The summed E-state index contributed by atoms with van der Waals surface area (Å²) in [7, 11) is 1.64. The van der Waals surface area contributed by atoms with Gasteiger partial charge in [0.05, 0.1) is 23.9 Å². The summed E-state index contributed by atoms with van der Waals surface area (Å²) in [5.74, 6) is 1.05. The number of benzene rings is 3. The maximum Gasteiger partial charge on any atom is 0.252 e. The first-order chi connectivity index (χ1) is 15.0. The van der Waals surface area contributed by atoms with E-state index in [-0.39, 0.29) is 5.91 Å². The summed E-state index contributed by atoms with van der Waals surface area (Å²) in [6.07, 6.45) is 0. The highest BCUT2D eigenvalue weighted by Crippen LogP contribution is 2.28. The predicted octanol–water partition coefficient (Wildman–Crippen LogP) is 5.96. The molecule has 0 aliphatic carbocycles. The van der Waals surface area contributed by atoms with Crippen molar-refractivity contribution < 1.29 is 9.53 Å². The lowest BCUT2D eigenvalue weighted by Crippen LogP contribution is -2.23. The van der Waals surface area contributed by atoms with Gasteiger partial charge in [0.2, 0.25) is 0 Å². The smallest absolute Gasteiger partial charge is 0.252 e. The number of ether oxygens (including phenoxy) is 1. The van der Waals surface area contributed by atoms with E-state index in [1.807, 2.05) is 66.7 Å². The number of nitrogens with one attached hydrogen (secondary N) is 1. The molecule has 0 fully saturated rings. The maximum absolute atomic E-state index is 13.2. The van der Waals surface area contributed by atoms with Gasteiger partial charge in [0, 0.05) is 17.5 Å². The summed E-state index contributed by atoms with van der Waals surface area (Å²) in [4.78, 5) is 18.1. The molecule has 0 saturated heterocycles. The summed E-state index contributed by atoms with van der Waals surface area (Å²) < 4.78 is 5.26. The lowest BCUT2D eigenvalue weighted by atomic mass is 9.97. The monoisotopic (exact) mass is 410 g/mol. The van der Waals surface area contributed by atoms with Gasteiger partial charge in [0.1, 0.15) is 5.75 Å². The Morgan fingerprint density at radius 1 is 0.968 bits per heavy atom. The third kappa shape index (κ3) is 4.58. The van der Waals surface area contributed by atoms with E-state index in [0.717, 1.165) is 33.5 Å². The van der Waals surface area contributed by atoms with Gasteiger partial charge in [-0.15, -0.1) is 0 Å². The van der Waals surface area contributed by atoms with Gasteiger partial charge in [-0.05, 0) is 59.5 Å². The normalized spacial score (nSPS) is 11.0. The van der Waals surface area contributed by atoms with Gasteiger partial charge in [0.25, 0.3) is 5.91 Å². The molecular formula is C27H26N2O2. The molecule has 3 aromatic carbocycles. The first-order valence-electron chi connectivity index (χ1n) is 10.5. The topological polar surface area (TPSA) is 51.2 Å². The number of aromatic nitrogens is 1. The Labute approximate surface area is 182 Å². The molecule has 0 aliphatic rings. The molecule has 0 saturated carbocycles. The number of methoxy groups -OCH3 is 1. The number of amides is 1. The largest absolute Gasteiger partial charge is 0.497 e. The average Bonchev–Trinajstić information content (AvgIpc) is 2.82. The second kappa shape index (κ2) is 9.00. The standard InChI is InChI=1S/C27H26N2O2/c1-18(2)21-11-14-25-23(15-21)24(27(30)28-17-19-7-5-4-6-8-19)16-26(29-25)20-9-12-22(31-3)13-10-20/h4-16,18H,17H2,1-3H3,(H,28,30). The molecule has 1 aromatic heterocycles. The summed E-state index contributed by atoms with van der Waals surface area (Å²) in [5, 5.41) is 3.94. The fraction of sp³-hybridized carbons (Fsp3) is 0.185. The van der Waals surface area contributed by atoms with Crippen LogP contribution in [0.2, 0.25) is 0 Å². The van der Waals surface area contributed by atoms with Crippen LogP contribution >= 0.6 is 0 Å². The van der Waals surface area contributed by atoms with Gasteiger partial charge in [-0.2, -0.15) is 0 Å². The second-order valence-electron chi connectivity index (χ2n) is 7.88. The van der Waals surface area contributed by atoms with Crippen LogP contribution in [0.1, 0.15) is 41.3 Å². The Morgan fingerprint density at radius 2 is 1.71 bits per heavy atom. The molecule has 0 radical (unpaired) electrons. The van der Waals surface area contributed by atoms with Crippen LogP contribution in [-0.2, 0) is 6.54 Å². The van der Waals surface area contributed by atoms with Crippen molar-refractivity contribution in [3.05, 3.63) is 95.6 Å². The molecule has 0 unspecified atom stereocenters. The number of fused-ring (bicyclic) bond motifs is 1. The van der Waals surface area contributed by atoms with Crippen molar-refractivity contribution in [3.8, 4) is 17.0 Å². The van der Waals surface area contributed by atoms with E-state index in [4.69, 9.17) is 9.72 Å². The highest BCUT2D eigenvalue weighted by Gasteiger charge is 2.15. The quantitative estimate of drug-likeness (QED) is 0.426. The molecule has 1 amide bonds. The van der Waals surface area contributed by atoms with Crippen molar-refractivity contribution in [2.75, 3.05) is 7.11 Å². The van der Waals surface area contributed by atoms with Gasteiger partial charge >= 0.3 is 0 Å². The van der Waals surface area contributed by atoms with Crippen LogP contribution < -0.4 is 10.1 Å². The Balaban J connectivity index is 1.76. The third-order valence-electron chi connectivity index (χ3n) is 5.43. The number of pyridine rings is 1. The van der Waals surface area contributed by atoms with Crippen molar-refractivity contribution in [3.63, 3.8) is 0 Å². The number of rotatable bonds is 6. The highest BCUT2D eigenvalue weighted by molar-refractivity contribution is 6.07. The van der Waals surface area contributed by atoms with Gasteiger partial charge in [-0.25, -0.2) is 4.98 Å². The van der Waals surface area contributed by atoms with E-state index in [1.165, 1.54) is 5.56 Å². The number of hydrogen-bond donors (Lipinski definition) is 1. The summed E-state index contributed by atoms with van der Waals surface area (Å²) in [6.45, 7) is 4.77. The molecule has 0 atom stereocenters. The average molecular weight is 411 g/mol. The maximum atomic E-state index is 13.2. The molecule has 4 heteroatoms. The van der Waals surface area contributed by atoms with Crippen molar-refractivity contribution in [2.24, 2.45) is 0 Å². The molecule has 1 heterocycles. The Hall–Kier alpha value is -3.66. The first-order valence-corrected chi connectivity index (χ1v) is 10.5. The zero-order valence-corrected chi connectivity index (χ0v) is 18.1. The fourth-order valence-corrected chi connectivity index (χ4v) is 3.57. The lowest BCUT2D eigenvalue weighted by molar-refractivity contribution is 0.0952. The van der Waals surface area contributed by atoms with E-state index in [1.54, 1.807) is 7.11 Å². The van der Waals surface area contributed by atoms with Crippen molar-refractivity contribution >= 4 is 16.8 Å². The molecular weight excluding hydrogens is 384 g/mol. The van der Waals surface area contributed by atoms with Crippen molar-refractivity contribution in [1.82, 2.24) is 10.3 Å². The van der Waals surface area contributed by atoms with Gasteiger partial charge in [-0.3, -0.25) is 4.79 Å². The summed E-state index contributed by atoms with van der Waals surface area (Å²) in [5.41, 5.74) is 5.39. The molecule has 1 N–H and O–H groups in total. The molecule has 0 spiro atoms. The van der Waals surface area contributed by atoms with E-state index >= 15 is 0 Å². The Kier molecular flexibility index (Phi) is 5.99. The number of carbonyl (C=O) groups is 1. The third-order valence-corrected chi connectivity index (χ3v) is 5.43. The molecule has 4 nitrogen and oxygen atoms in total. The van der Waals surface area contributed by atoms with Crippen LogP contribution in [0, 0.1) is 0 Å². The van der Waals surface area contributed by atoms with E-state index in [2.05, 4.69) is 31.3 Å². The number of carbonyl (C=O) groups excluding carboxylic acids is 1. The van der Waals surface area contributed by atoms with E-state index in [9.17, 15) is 4.79 Å². The predicted molar refractivity (Wildman–Crippen MR) is 125 cm³/mol. The number of nitrogens with zero attached hydrogens (tertiary/aromatic N) is 1. The highest BCUT2D eigenvalue weighted by atomic mass is 16.5. The van der Waals surface area contributed by atoms with Crippen LogP contribution in [0.5, 0.6) is 5.75 Å². The summed E-state index contributed by atoms with van der Waals surface area (Å²) >= 11 is 0. The molecule has 31 heavy (non-hydrogen) atoms. The lowest BCUT2D eigenvalue weighted by Gasteiger charge is -2.13. The minimum absolute atomic E-state index is 0.105. The van der Waals surface area contributed by atoms with Crippen LogP contribution in [0.15, 0.2) is 78.9 Å². The molecule has 0 bridgehead atoms. The molecule has 156 valence electrons. The molecule has 4 aromatic rings. The molecule has 4 rings (SSSR count). The first kappa shape index (κ1) is 20.6. The Morgan fingerprint density at radius 3 is 2.39 bits per heavy atom. The van der Waals surface area contributed by atoms with Gasteiger partial charge in [0.15, 0.2) is 0 Å². The SMILES string of the molecule is COc1ccc(-c2cc(C(=O)NCc3ccccc3)c3cc(C(C)C)ccc3n2)cc1.